The molecule has 0 atom stereocenters. The van der Waals surface area contributed by atoms with Crippen LogP contribution in [-0.4, -0.2) is 29.0 Å². The standard InChI is InChI=1S/C23H22Cl2N2O5/c1-4-29-23(28)21-15(2)26-27(3)22(21)32-19-11-9-18(10-12-19)31-17-7-5-16(6-8-17)30-14-13-20(24)25/h5-13H,4,14H2,1-3H3. The lowest BCUT2D eigenvalue weighted by molar-refractivity contribution is 0.0522. The molecule has 0 bridgehead atoms. The van der Waals surface area contributed by atoms with Crippen LogP contribution in [0.2, 0.25) is 0 Å². The molecule has 0 fully saturated rings. The topological polar surface area (TPSA) is 71.8 Å². The zero-order valence-corrected chi connectivity index (χ0v) is 19.3. The van der Waals surface area contributed by atoms with Gasteiger partial charge in [-0.2, -0.15) is 5.10 Å². The summed E-state index contributed by atoms with van der Waals surface area (Å²) in [5.41, 5.74) is 0.843. The molecule has 0 aliphatic carbocycles. The summed E-state index contributed by atoms with van der Waals surface area (Å²) >= 11 is 11.1. The van der Waals surface area contributed by atoms with Gasteiger partial charge in [0.2, 0.25) is 5.88 Å². The van der Waals surface area contributed by atoms with E-state index in [-0.39, 0.29) is 17.7 Å². The van der Waals surface area contributed by atoms with Crippen LogP contribution in [0, 0.1) is 6.92 Å². The molecule has 0 unspecified atom stereocenters. The number of carbonyl (C=O) groups excluding carboxylic acids is 1. The van der Waals surface area contributed by atoms with Crippen molar-refractivity contribution in [1.82, 2.24) is 9.78 Å². The summed E-state index contributed by atoms with van der Waals surface area (Å²) in [6.45, 7) is 4.02. The molecule has 32 heavy (non-hydrogen) atoms. The van der Waals surface area contributed by atoms with Gasteiger partial charge in [0.15, 0.2) is 0 Å². The summed E-state index contributed by atoms with van der Waals surface area (Å²) in [5.74, 6) is 2.30. The first kappa shape index (κ1) is 23.5. The van der Waals surface area contributed by atoms with E-state index in [1.807, 2.05) is 0 Å². The van der Waals surface area contributed by atoms with E-state index < -0.39 is 5.97 Å². The third-order valence-electron chi connectivity index (χ3n) is 4.23. The highest BCUT2D eigenvalue weighted by molar-refractivity contribution is 6.55. The Morgan fingerprint density at radius 2 is 1.50 bits per heavy atom. The minimum atomic E-state index is -0.470. The molecule has 2 aromatic carbocycles. The fourth-order valence-corrected chi connectivity index (χ4v) is 2.95. The van der Waals surface area contributed by atoms with Crippen molar-refractivity contribution in [2.75, 3.05) is 13.2 Å². The van der Waals surface area contributed by atoms with Gasteiger partial charge in [0, 0.05) is 7.05 Å². The average Bonchev–Trinajstić information content (AvgIpc) is 3.03. The minimum Gasteiger partial charge on any atom is -0.489 e. The lowest BCUT2D eigenvalue weighted by Crippen LogP contribution is -2.07. The van der Waals surface area contributed by atoms with Gasteiger partial charge in [-0.1, -0.05) is 23.2 Å². The number of ether oxygens (including phenoxy) is 4. The molecule has 0 aliphatic heterocycles. The number of rotatable bonds is 9. The van der Waals surface area contributed by atoms with E-state index in [1.165, 1.54) is 4.68 Å². The lowest BCUT2D eigenvalue weighted by atomic mass is 10.2. The van der Waals surface area contributed by atoms with E-state index in [0.29, 0.717) is 40.1 Å². The second-order valence-electron chi connectivity index (χ2n) is 6.56. The number of carbonyl (C=O) groups is 1. The smallest absolute Gasteiger partial charge is 0.345 e. The number of esters is 1. The Hall–Kier alpha value is -3.16. The molecule has 3 aromatic rings. The van der Waals surface area contributed by atoms with Crippen LogP contribution >= 0.6 is 23.2 Å². The SMILES string of the molecule is CCOC(=O)c1c(C)nn(C)c1Oc1ccc(Oc2ccc(OCC=C(Cl)Cl)cc2)cc1. The van der Waals surface area contributed by atoms with Crippen LogP contribution in [-0.2, 0) is 11.8 Å². The number of aromatic nitrogens is 2. The number of halogens is 2. The summed E-state index contributed by atoms with van der Waals surface area (Å²) in [4.78, 5) is 12.3. The highest BCUT2D eigenvalue weighted by Crippen LogP contribution is 2.30. The molecule has 0 N–H and O–H groups in total. The summed E-state index contributed by atoms with van der Waals surface area (Å²) in [5, 5.41) is 4.26. The van der Waals surface area contributed by atoms with Crippen molar-refractivity contribution in [1.29, 1.82) is 0 Å². The Morgan fingerprint density at radius 3 is 2.03 bits per heavy atom. The largest absolute Gasteiger partial charge is 0.489 e. The van der Waals surface area contributed by atoms with E-state index >= 15 is 0 Å². The van der Waals surface area contributed by atoms with Crippen molar-refractivity contribution < 1.29 is 23.7 Å². The highest BCUT2D eigenvalue weighted by atomic mass is 35.5. The average molecular weight is 477 g/mol. The van der Waals surface area contributed by atoms with Gasteiger partial charge in [-0.3, -0.25) is 0 Å². The Labute approximate surface area is 196 Å². The third-order valence-corrected chi connectivity index (χ3v) is 4.54. The third kappa shape index (κ3) is 6.18. The molecule has 0 amide bonds. The zero-order chi connectivity index (χ0) is 23.1. The van der Waals surface area contributed by atoms with Crippen molar-refractivity contribution in [3.63, 3.8) is 0 Å². The maximum Gasteiger partial charge on any atom is 0.345 e. The molecule has 0 radical (unpaired) electrons. The molecule has 0 saturated heterocycles. The fraction of sp³-hybridized carbons (Fsp3) is 0.217. The van der Waals surface area contributed by atoms with E-state index in [0.717, 1.165) is 0 Å². The van der Waals surface area contributed by atoms with Crippen LogP contribution in [0.15, 0.2) is 59.1 Å². The van der Waals surface area contributed by atoms with Crippen LogP contribution in [0.25, 0.3) is 0 Å². The summed E-state index contributed by atoms with van der Waals surface area (Å²) < 4.78 is 24.0. The normalized spacial score (nSPS) is 10.4. The zero-order valence-electron chi connectivity index (χ0n) is 17.8. The first-order valence-corrected chi connectivity index (χ1v) is 10.5. The second kappa shape index (κ2) is 10.9. The van der Waals surface area contributed by atoms with Gasteiger partial charge >= 0.3 is 5.97 Å². The Bertz CT molecular complexity index is 1090. The summed E-state index contributed by atoms with van der Waals surface area (Å²) in [6.07, 6.45) is 1.56. The molecule has 0 spiro atoms. The van der Waals surface area contributed by atoms with Crippen molar-refractivity contribution >= 4 is 29.2 Å². The van der Waals surface area contributed by atoms with Gasteiger partial charge in [0.05, 0.1) is 12.3 Å². The maximum absolute atomic E-state index is 12.3. The van der Waals surface area contributed by atoms with Gasteiger partial charge in [-0.15, -0.1) is 0 Å². The first-order valence-electron chi connectivity index (χ1n) is 9.78. The predicted molar refractivity (Wildman–Crippen MR) is 122 cm³/mol. The summed E-state index contributed by atoms with van der Waals surface area (Å²) in [6, 6.07) is 14.2. The van der Waals surface area contributed by atoms with Gasteiger partial charge < -0.3 is 18.9 Å². The predicted octanol–water partition coefficient (Wildman–Crippen LogP) is 6.19. The lowest BCUT2D eigenvalue weighted by Gasteiger charge is -2.10. The van der Waals surface area contributed by atoms with E-state index in [9.17, 15) is 4.79 Å². The Kier molecular flexibility index (Phi) is 8.03. The molecule has 9 heteroatoms. The van der Waals surface area contributed by atoms with Crippen LogP contribution in [0.4, 0.5) is 0 Å². The van der Waals surface area contributed by atoms with Crippen molar-refractivity contribution in [3.05, 3.63) is 70.4 Å². The van der Waals surface area contributed by atoms with Crippen LogP contribution < -0.4 is 14.2 Å². The van der Waals surface area contributed by atoms with Gasteiger partial charge in [0.1, 0.15) is 39.7 Å². The van der Waals surface area contributed by atoms with Crippen molar-refractivity contribution in [2.24, 2.45) is 7.05 Å². The van der Waals surface area contributed by atoms with Gasteiger partial charge in [-0.05, 0) is 68.5 Å². The van der Waals surface area contributed by atoms with E-state index in [2.05, 4.69) is 5.10 Å². The molecular formula is C23H22Cl2N2O5. The highest BCUT2D eigenvalue weighted by Gasteiger charge is 2.23. The molecule has 0 saturated carbocycles. The summed E-state index contributed by atoms with van der Waals surface area (Å²) in [7, 11) is 1.70. The number of hydrogen-bond donors (Lipinski definition) is 0. The fourth-order valence-electron chi connectivity index (χ4n) is 2.82. The number of benzene rings is 2. The minimum absolute atomic E-state index is 0.160. The maximum atomic E-state index is 12.3. The van der Waals surface area contributed by atoms with Crippen LogP contribution in [0.5, 0.6) is 28.9 Å². The van der Waals surface area contributed by atoms with Gasteiger partial charge in [-0.25, -0.2) is 9.48 Å². The van der Waals surface area contributed by atoms with Crippen LogP contribution in [0.1, 0.15) is 23.0 Å². The van der Waals surface area contributed by atoms with E-state index in [4.69, 9.17) is 42.1 Å². The van der Waals surface area contributed by atoms with Crippen molar-refractivity contribution in [3.8, 4) is 28.9 Å². The number of aryl methyl sites for hydroxylation is 2. The monoisotopic (exact) mass is 476 g/mol. The Morgan fingerprint density at radius 1 is 0.969 bits per heavy atom. The molecule has 168 valence electrons. The second-order valence-corrected chi connectivity index (χ2v) is 7.57. The number of hydrogen-bond acceptors (Lipinski definition) is 6. The van der Waals surface area contributed by atoms with Gasteiger partial charge in [0.25, 0.3) is 0 Å². The molecule has 7 nitrogen and oxygen atoms in total. The molecule has 0 aliphatic rings. The molecule has 3 rings (SSSR count). The Balaban J connectivity index is 1.65. The van der Waals surface area contributed by atoms with Crippen LogP contribution in [0.3, 0.4) is 0 Å². The van der Waals surface area contributed by atoms with Crippen molar-refractivity contribution in [2.45, 2.75) is 13.8 Å². The quantitative estimate of drug-likeness (QED) is 0.343. The molecule has 1 aromatic heterocycles. The van der Waals surface area contributed by atoms with E-state index in [1.54, 1.807) is 75.5 Å². The first-order chi connectivity index (χ1) is 15.4. The molecular weight excluding hydrogens is 455 g/mol. The molecule has 1 heterocycles. The number of nitrogens with zero attached hydrogens (tertiary/aromatic N) is 2.